The van der Waals surface area contributed by atoms with Gasteiger partial charge in [-0.2, -0.15) is 5.10 Å². The van der Waals surface area contributed by atoms with Crippen LogP contribution in [0.4, 0.5) is 5.69 Å². The van der Waals surface area contributed by atoms with Crippen LogP contribution in [0.5, 0.6) is 11.5 Å². The summed E-state index contributed by atoms with van der Waals surface area (Å²) in [6.45, 7) is 2.31. The Morgan fingerprint density at radius 2 is 2.05 bits per heavy atom. The molecular formula is C15H15ClN2O2. The smallest absolute Gasteiger partial charge is 0.161 e. The zero-order valence-corrected chi connectivity index (χ0v) is 11.8. The monoisotopic (exact) mass is 290 g/mol. The standard InChI is InChI=1S/C15H15ClN2O2/c1-2-20-15-8-11(13(16)9-14(15)19)10-17-18-12-6-4-3-5-7-12/h3-10,18-19H,2H2,1H3. The van der Waals surface area contributed by atoms with Crippen LogP contribution in [-0.2, 0) is 0 Å². The van der Waals surface area contributed by atoms with Gasteiger partial charge in [0.15, 0.2) is 11.5 Å². The Morgan fingerprint density at radius 3 is 2.75 bits per heavy atom. The number of ether oxygens (including phenoxy) is 1. The highest BCUT2D eigenvalue weighted by Crippen LogP contribution is 2.31. The topological polar surface area (TPSA) is 53.8 Å². The zero-order valence-electron chi connectivity index (χ0n) is 11.0. The van der Waals surface area contributed by atoms with E-state index in [1.54, 1.807) is 12.3 Å². The number of para-hydroxylation sites is 1. The first-order valence-electron chi connectivity index (χ1n) is 6.20. The van der Waals surface area contributed by atoms with Crippen LogP contribution in [-0.4, -0.2) is 17.9 Å². The summed E-state index contributed by atoms with van der Waals surface area (Å²) in [4.78, 5) is 0. The first kappa shape index (κ1) is 14.2. The van der Waals surface area contributed by atoms with Gasteiger partial charge in [-0.1, -0.05) is 29.8 Å². The van der Waals surface area contributed by atoms with Crippen molar-refractivity contribution in [2.24, 2.45) is 5.10 Å². The lowest BCUT2D eigenvalue weighted by atomic mass is 10.2. The third-order valence-electron chi connectivity index (χ3n) is 2.55. The molecule has 0 bridgehead atoms. The minimum atomic E-state index is 0.0185. The maximum Gasteiger partial charge on any atom is 0.161 e. The van der Waals surface area contributed by atoms with Gasteiger partial charge in [-0.15, -0.1) is 0 Å². The molecular weight excluding hydrogens is 276 g/mol. The predicted molar refractivity (Wildman–Crippen MR) is 81.9 cm³/mol. The van der Waals surface area contributed by atoms with Crippen LogP contribution in [0.3, 0.4) is 0 Å². The van der Waals surface area contributed by atoms with Crippen molar-refractivity contribution < 1.29 is 9.84 Å². The number of hydrogen-bond acceptors (Lipinski definition) is 4. The van der Waals surface area contributed by atoms with E-state index in [4.69, 9.17) is 16.3 Å². The van der Waals surface area contributed by atoms with Gasteiger partial charge >= 0.3 is 0 Å². The van der Waals surface area contributed by atoms with Crippen LogP contribution in [0.25, 0.3) is 0 Å². The molecule has 0 heterocycles. The minimum Gasteiger partial charge on any atom is -0.504 e. The largest absolute Gasteiger partial charge is 0.504 e. The fourth-order valence-electron chi connectivity index (χ4n) is 1.62. The van der Waals surface area contributed by atoms with Gasteiger partial charge in [-0.3, -0.25) is 5.43 Å². The Morgan fingerprint density at radius 1 is 1.30 bits per heavy atom. The number of aromatic hydroxyl groups is 1. The third kappa shape index (κ3) is 3.65. The van der Waals surface area contributed by atoms with Crippen molar-refractivity contribution in [3.05, 3.63) is 53.1 Å². The van der Waals surface area contributed by atoms with Gasteiger partial charge in [0, 0.05) is 11.6 Å². The van der Waals surface area contributed by atoms with Crippen LogP contribution in [0, 0.1) is 0 Å². The van der Waals surface area contributed by atoms with E-state index in [0.717, 1.165) is 5.69 Å². The molecule has 2 N–H and O–H groups in total. The summed E-state index contributed by atoms with van der Waals surface area (Å²) >= 11 is 6.05. The fraction of sp³-hybridized carbons (Fsp3) is 0.133. The molecule has 0 fully saturated rings. The molecule has 0 amide bonds. The second-order valence-corrected chi connectivity index (χ2v) is 4.42. The molecule has 0 saturated heterocycles. The number of phenols is 1. The van der Waals surface area contributed by atoms with Crippen LogP contribution in [0.2, 0.25) is 5.02 Å². The van der Waals surface area contributed by atoms with Gasteiger partial charge in [-0.05, 0) is 25.1 Å². The number of hydrazone groups is 1. The highest BCUT2D eigenvalue weighted by Gasteiger charge is 2.07. The van der Waals surface area contributed by atoms with Gasteiger partial charge in [0.05, 0.1) is 23.5 Å². The Kier molecular flexibility index (Phi) is 4.85. The number of halogens is 1. The first-order chi connectivity index (χ1) is 9.70. The number of hydrogen-bond donors (Lipinski definition) is 2. The van der Waals surface area contributed by atoms with E-state index >= 15 is 0 Å². The lowest BCUT2D eigenvalue weighted by molar-refractivity contribution is 0.318. The lowest BCUT2D eigenvalue weighted by Crippen LogP contribution is -1.95. The maximum atomic E-state index is 9.68. The van der Waals surface area contributed by atoms with Crippen LogP contribution in [0.1, 0.15) is 12.5 Å². The lowest BCUT2D eigenvalue weighted by Gasteiger charge is -2.08. The van der Waals surface area contributed by atoms with Gasteiger partial charge in [0.25, 0.3) is 0 Å². The summed E-state index contributed by atoms with van der Waals surface area (Å²) < 4.78 is 5.31. The quantitative estimate of drug-likeness (QED) is 0.649. The Bertz CT molecular complexity index is 600. The average molecular weight is 291 g/mol. The molecule has 0 aliphatic carbocycles. The van der Waals surface area contributed by atoms with E-state index in [0.29, 0.717) is 22.9 Å². The molecule has 20 heavy (non-hydrogen) atoms. The average Bonchev–Trinajstić information content (AvgIpc) is 2.45. The molecule has 104 valence electrons. The SMILES string of the molecule is CCOc1cc(C=NNc2ccccc2)c(Cl)cc1O. The van der Waals surface area contributed by atoms with Crippen molar-refractivity contribution >= 4 is 23.5 Å². The number of nitrogens with one attached hydrogen (secondary N) is 1. The molecule has 0 atom stereocenters. The van der Waals surface area contributed by atoms with Crippen LogP contribution < -0.4 is 10.2 Å². The summed E-state index contributed by atoms with van der Waals surface area (Å²) in [6.07, 6.45) is 1.58. The maximum absolute atomic E-state index is 9.68. The van der Waals surface area contributed by atoms with E-state index in [1.807, 2.05) is 37.3 Å². The molecule has 0 aliphatic heterocycles. The molecule has 2 rings (SSSR count). The first-order valence-corrected chi connectivity index (χ1v) is 6.58. The highest BCUT2D eigenvalue weighted by atomic mass is 35.5. The van der Waals surface area contributed by atoms with E-state index in [2.05, 4.69) is 10.5 Å². The number of anilines is 1. The molecule has 0 radical (unpaired) electrons. The van der Waals surface area contributed by atoms with Crippen molar-refractivity contribution in [2.75, 3.05) is 12.0 Å². The van der Waals surface area contributed by atoms with E-state index < -0.39 is 0 Å². The predicted octanol–water partition coefficient (Wildman–Crippen LogP) is 3.89. The minimum absolute atomic E-state index is 0.0185. The van der Waals surface area contributed by atoms with Crippen molar-refractivity contribution in [1.29, 1.82) is 0 Å². The van der Waals surface area contributed by atoms with Crippen molar-refractivity contribution in [3.63, 3.8) is 0 Å². The van der Waals surface area contributed by atoms with E-state index in [-0.39, 0.29) is 5.75 Å². The van der Waals surface area contributed by atoms with Crippen LogP contribution in [0.15, 0.2) is 47.6 Å². The number of benzene rings is 2. The van der Waals surface area contributed by atoms with Crippen molar-refractivity contribution in [1.82, 2.24) is 0 Å². The van der Waals surface area contributed by atoms with E-state index in [9.17, 15) is 5.11 Å². The highest BCUT2D eigenvalue weighted by molar-refractivity contribution is 6.33. The summed E-state index contributed by atoms with van der Waals surface area (Å²) in [5.74, 6) is 0.406. The summed E-state index contributed by atoms with van der Waals surface area (Å²) in [7, 11) is 0. The van der Waals surface area contributed by atoms with Gasteiger partial charge in [0.1, 0.15) is 0 Å². The van der Waals surface area contributed by atoms with Crippen molar-refractivity contribution in [2.45, 2.75) is 6.92 Å². The fourth-order valence-corrected chi connectivity index (χ4v) is 1.82. The molecule has 0 aromatic heterocycles. The normalized spacial score (nSPS) is 10.7. The molecule has 0 unspecified atom stereocenters. The number of nitrogens with zero attached hydrogens (tertiary/aromatic N) is 1. The Hall–Kier alpha value is -2.20. The van der Waals surface area contributed by atoms with Crippen molar-refractivity contribution in [3.8, 4) is 11.5 Å². The summed E-state index contributed by atoms with van der Waals surface area (Å²) in [5, 5.41) is 14.2. The number of phenolic OH excluding ortho intramolecular Hbond substituents is 1. The summed E-state index contributed by atoms with van der Waals surface area (Å²) in [5.41, 5.74) is 4.44. The van der Waals surface area contributed by atoms with Gasteiger partial charge < -0.3 is 9.84 Å². The molecule has 0 saturated carbocycles. The van der Waals surface area contributed by atoms with Gasteiger partial charge in [-0.25, -0.2) is 0 Å². The Labute approximate surface area is 122 Å². The second kappa shape index (κ2) is 6.82. The van der Waals surface area contributed by atoms with E-state index in [1.165, 1.54) is 6.07 Å². The molecule has 0 spiro atoms. The van der Waals surface area contributed by atoms with Gasteiger partial charge in [0.2, 0.25) is 0 Å². The molecule has 5 heteroatoms. The van der Waals surface area contributed by atoms with Crippen LogP contribution >= 0.6 is 11.6 Å². The molecule has 2 aromatic carbocycles. The Balaban J connectivity index is 2.14. The molecule has 2 aromatic rings. The third-order valence-corrected chi connectivity index (χ3v) is 2.88. The zero-order chi connectivity index (χ0) is 14.4. The molecule has 0 aliphatic rings. The second-order valence-electron chi connectivity index (χ2n) is 4.01. The molecule has 4 nitrogen and oxygen atoms in total. The number of rotatable bonds is 5. The summed E-state index contributed by atoms with van der Waals surface area (Å²) in [6, 6.07) is 12.7.